The SMILES string of the molecule is O=C1Nc2cc(C(F)(F)F)ccc2C12CC2. The van der Waals surface area contributed by atoms with Crippen LogP contribution in [0.15, 0.2) is 18.2 Å². The number of amides is 1. The van der Waals surface area contributed by atoms with Gasteiger partial charge in [-0.2, -0.15) is 13.2 Å². The van der Waals surface area contributed by atoms with Gasteiger partial charge >= 0.3 is 6.18 Å². The van der Waals surface area contributed by atoms with Crippen molar-refractivity contribution < 1.29 is 18.0 Å². The van der Waals surface area contributed by atoms with Crippen molar-refractivity contribution >= 4 is 11.6 Å². The van der Waals surface area contributed by atoms with Crippen molar-refractivity contribution in [3.8, 4) is 0 Å². The molecule has 1 amide bonds. The van der Waals surface area contributed by atoms with E-state index >= 15 is 0 Å². The summed E-state index contributed by atoms with van der Waals surface area (Å²) in [6.45, 7) is 0. The van der Waals surface area contributed by atoms with Gasteiger partial charge < -0.3 is 5.32 Å². The average molecular weight is 227 g/mol. The molecule has 1 aromatic rings. The number of nitrogens with one attached hydrogen (secondary N) is 1. The molecule has 1 aromatic carbocycles. The van der Waals surface area contributed by atoms with E-state index in [4.69, 9.17) is 0 Å². The quantitative estimate of drug-likeness (QED) is 0.725. The molecule has 1 N–H and O–H groups in total. The molecule has 3 rings (SSSR count). The average Bonchev–Trinajstić information content (AvgIpc) is 2.91. The van der Waals surface area contributed by atoms with Gasteiger partial charge in [0.25, 0.3) is 0 Å². The summed E-state index contributed by atoms with van der Waals surface area (Å²) in [5.74, 6) is -0.165. The molecule has 2 aliphatic rings. The molecule has 0 unspecified atom stereocenters. The molecule has 2 nitrogen and oxygen atoms in total. The summed E-state index contributed by atoms with van der Waals surface area (Å²) in [7, 11) is 0. The van der Waals surface area contributed by atoms with Crippen molar-refractivity contribution in [2.75, 3.05) is 5.32 Å². The van der Waals surface area contributed by atoms with Crippen LogP contribution in [0.25, 0.3) is 0 Å². The molecule has 1 spiro atoms. The zero-order chi connectivity index (χ0) is 11.6. The number of hydrogen-bond acceptors (Lipinski definition) is 1. The second-order valence-electron chi connectivity index (χ2n) is 4.29. The van der Waals surface area contributed by atoms with Crippen LogP contribution < -0.4 is 5.32 Å². The van der Waals surface area contributed by atoms with Gasteiger partial charge in [-0.15, -0.1) is 0 Å². The van der Waals surface area contributed by atoms with E-state index in [1.807, 2.05) is 0 Å². The summed E-state index contributed by atoms with van der Waals surface area (Å²) in [6, 6.07) is 3.47. The van der Waals surface area contributed by atoms with Crippen molar-refractivity contribution in [2.45, 2.75) is 24.4 Å². The first kappa shape index (κ1) is 9.69. The Bertz CT molecular complexity index is 488. The highest BCUT2D eigenvalue weighted by Crippen LogP contribution is 2.55. The number of hydrogen-bond donors (Lipinski definition) is 1. The standard InChI is InChI=1S/C11H8F3NO/c12-11(13,14)6-1-2-7-8(5-6)15-9(16)10(7)3-4-10/h1-2,5H,3-4H2,(H,15,16). The van der Waals surface area contributed by atoms with Crippen molar-refractivity contribution in [1.82, 2.24) is 0 Å². The van der Waals surface area contributed by atoms with E-state index in [0.29, 0.717) is 11.3 Å². The van der Waals surface area contributed by atoms with Crippen molar-refractivity contribution in [1.29, 1.82) is 0 Å². The fourth-order valence-corrected chi connectivity index (χ4v) is 2.23. The first-order valence-electron chi connectivity index (χ1n) is 4.97. The Kier molecular flexibility index (Phi) is 1.57. The summed E-state index contributed by atoms with van der Waals surface area (Å²) in [5.41, 5.74) is -0.202. The summed E-state index contributed by atoms with van der Waals surface area (Å²) < 4.78 is 37.3. The van der Waals surface area contributed by atoms with E-state index in [1.54, 1.807) is 0 Å². The van der Waals surface area contributed by atoms with Gasteiger partial charge in [0.2, 0.25) is 5.91 Å². The fraction of sp³-hybridized carbons (Fsp3) is 0.364. The number of carbonyl (C=O) groups is 1. The molecule has 0 bridgehead atoms. The Morgan fingerprint density at radius 2 is 1.94 bits per heavy atom. The van der Waals surface area contributed by atoms with E-state index in [-0.39, 0.29) is 5.91 Å². The minimum absolute atomic E-state index is 0.165. The minimum atomic E-state index is -4.36. The second-order valence-corrected chi connectivity index (χ2v) is 4.29. The van der Waals surface area contributed by atoms with Gasteiger partial charge in [-0.25, -0.2) is 0 Å². The van der Waals surface area contributed by atoms with Gasteiger partial charge in [-0.1, -0.05) is 6.07 Å². The maximum atomic E-state index is 12.4. The van der Waals surface area contributed by atoms with Gasteiger partial charge in [0.15, 0.2) is 0 Å². The monoisotopic (exact) mass is 227 g/mol. The van der Waals surface area contributed by atoms with Crippen molar-refractivity contribution in [2.24, 2.45) is 0 Å². The molecular weight excluding hydrogens is 219 g/mol. The first-order chi connectivity index (χ1) is 7.43. The summed E-state index contributed by atoms with van der Waals surface area (Å²) in [4.78, 5) is 11.6. The van der Waals surface area contributed by atoms with Gasteiger partial charge in [0.1, 0.15) is 0 Å². The van der Waals surface area contributed by atoms with E-state index < -0.39 is 17.2 Å². The molecule has 0 aromatic heterocycles. The highest BCUT2D eigenvalue weighted by molar-refractivity contribution is 6.08. The summed E-state index contributed by atoms with van der Waals surface area (Å²) >= 11 is 0. The Morgan fingerprint density at radius 3 is 2.50 bits per heavy atom. The third-order valence-electron chi connectivity index (χ3n) is 3.30. The second kappa shape index (κ2) is 2.59. The van der Waals surface area contributed by atoms with Crippen LogP contribution in [-0.2, 0) is 16.4 Å². The number of rotatable bonds is 0. The van der Waals surface area contributed by atoms with Crippen LogP contribution in [0, 0.1) is 0 Å². The molecule has 1 aliphatic heterocycles. The number of halogens is 3. The molecule has 0 radical (unpaired) electrons. The lowest BCUT2D eigenvalue weighted by Crippen LogP contribution is -2.18. The summed E-state index contributed by atoms with van der Waals surface area (Å²) in [5, 5.41) is 2.52. The van der Waals surface area contributed by atoms with Crippen molar-refractivity contribution in [3.05, 3.63) is 29.3 Å². The molecule has 5 heteroatoms. The van der Waals surface area contributed by atoms with Crippen LogP contribution in [0.4, 0.5) is 18.9 Å². The predicted octanol–water partition coefficient (Wildman–Crippen LogP) is 2.69. The van der Waals surface area contributed by atoms with Crippen LogP contribution in [0.1, 0.15) is 24.0 Å². The highest BCUT2D eigenvalue weighted by Gasteiger charge is 2.56. The van der Waals surface area contributed by atoms with E-state index in [0.717, 1.165) is 25.0 Å². The van der Waals surface area contributed by atoms with Crippen LogP contribution >= 0.6 is 0 Å². The fourth-order valence-electron chi connectivity index (χ4n) is 2.23. The smallest absolute Gasteiger partial charge is 0.325 e. The van der Waals surface area contributed by atoms with Crippen LogP contribution in [0.5, 0.6) is 0 Å². The van der Waals surface area contributed by atoms with Crippen LogP contribution in [0.3, 0.4) is 0 Å². The number of benzene rings is 1. The summed E-state index contributed by atoms with van der Waals surface area (Å²) in [6.07, 6.45) is -2.90. The number of fused-ring (bicyclic) bond motifs is 2. The van der Waals surface area contributed by atoms with Gasteiger partial charge in [0, 0.05) is 5.69 Å². The lowest BCUT2D eigenvalue weighted by Gasteiger charge is -2.09. The molecule has 84 valence electrons. The molecule has 1 heterocycles. The van der Waals surface area contributed by atoms with Crippen LogP contribution in [0.2, 0.25) is 0 Å². The zero-order valence-corrected chi connectivity index (χ0v) is 8.19. The number of alkyl halides is 3. The third kappa shape index (κ3) is 1.11. The van der Waals surface area contributed by atoms with E-state index in [2.05, 4.69) is 5.32 Å². The maximum absolute atomic E-state index is 12.4. The van der Waals surface area contributed by atoms with Gasteiger partial charge in [-0.05, 0) is 30.5 Å². The lowest BCUT2D eigenvalue weighted by atomic mass is 9.97. The topological polar surface area (TPSA) is 29.1 Å². The largest absolute Gasteiger partial charge is 0.416 e. The molecular formula is C11H8F3NO. The zero-order valence-electron chi connectivity index (χ0n) is 8.19. The molecule has 1 aliphatic carbocycles. The van der Waals surface area contributed by atoms with E-state index in [1.165, 1.54) is 6.07 Å². The Labute approximate surface area is 89.5 Å². The van der Waals surface area contributed by atoms with Gasteiger partial charge in [-0.3, -0.25) is 4.79 Å². The molecule has 1 fully saturated rings. The third-order valence-corrected chi connectivity index (χ3v) is 3.30. The maximum Gasteiger partial charge on any atom is 0.416 e. The molecule has 0 atom stereocenters. The molecule has 0 saturated heterocycles. The van der Waals surface area contributed by atoms with Crippen molar-refractivity contribution in [3.63, 3.8) is 0 Å². The predicted molar refractivity (Wildman–Crippen MR) is 51.0 cm³/mol. The minimum Gasteiger partial charge on any atom is -0.325 e. The Hall–Kier alpha value is -1.52. The molecule has 16 heavy (non-hydrogen) atoms. The Morgan fingerprint density at radius 1 is 1.25 bits per heavy atom. The Balaban J connectivity index is 2.10. The van der Waals surface area contributed by atoms with E-state index in [9.17, 15) is 18.0 Å². The first-order valence-corrected chi connectivity index (χ1v) is 4.97. The normalized spacial score (nSPS) is 20.8. The van der Waals surface area contributed by atoms with Crippen LogP contribution in [-0.4, -0.2) is 5.91 Å². The number of anilines is 1. The number of carbonyl (C=O) groups excluding carboxylic acids is 1. The molecule has 1 saturated carbocycles. The lowest BCUT2D eigenvalue weighted by molar-refractivity contribution is -0.137. The van der Waals surface area contributed by atoms with Gasteiger partial charge in [0.05, 0.1) is 11.0 Å². The highest BCUT2D eigenvalue weighted by atomic mass is 19.4.